The smallest absolute Gasteiger partial charge is 0.273 e. The number of hydrogen-bond donors (Lipinski definition) is 1. The number of anilines is 1. The summed E-state index contributed by atoms with van der Waals surface area (Å²) in [6.45, 7) is 1.82. The van der Waals surface area contributed by atoms with Gasteiger partial charge in [0, 0.05) is 12.3 Å². The van der Waals surface area contributed by atoms with Crippen LogP contribution in [-0.2, 0) is 0 Å². The summed E-state index contributed by atoms with van der Waals surface area (Å²) in [6, 6.07) is 13.0. The molecule has 0 saturated heterocycles. The maximum absolute atomic E-state index is 11.7. The standard InChI is InChI=1S/C15H15N3O/c1-12-10-14(16)18(15(19)11-12)17-9-5-8-13-6-3-2-4-7-13/h2-11H,16H2,1H3/b8-5+,17-9-. The first-order valence-electron chi connectivity index (χ1n) is 5.92. The third kappa shape index (κ3) is 3.42. The van der Waals surface area contributed by atoms with Gasteiger partial charge in [0.1, 0.15) is 5.82 Å². The number of nitrogen functional groups attached to an aromatic ring is 1. The normalized spacial score (nSPS) is 11.4. The highest BCUT2D eigenvalue weighted by molar-refractivity contribution is 5.78. The molecule has 0 aliphatic rings. The minimum Gasteiger partial charge on any atom is -0.384 e. The van der Waals surface area contributed by atoms with Gasteiger partial charge in [-0.1, -0.05) is 36.4 Å². The Bertz CT molecular complexity index is 670. The summed E-state index contributed by atoms with van der Waals surface area (Å²) in [5, 5.41) is 4.03. The van der Waals surface area contributed by atoms with Crippen LogP contribution in [0.4, 0.5) is 5.82 Å². The second-order valence-corrected chi connectivity index (χ2v) is 4.14. The molecular formula is C15H15N3O. The average molecular weight is 253 g/mol. The Morgan fingerprint density at radius 1 is 1.21 bits per heavy atom. The molecular weight excluding hydrogens is 238 g/mol. The van der Waals surface area contributed by atoms with Crippen LogP contribution in [0.15, 0.2) is 58.4 Å². The van der Waals surface area contributed by atoms with Gasteiger partial charge < -0.3 is 5.73 Å². The summed E-state index contributed by atoms with van der Waals surface area (Å²) in [4.78, 5) is 11.7. The number of nitrogens with zero attached hydrogens (tertiary/aromatic N) is 2. The lowest BCUT2D eigenvalue weighted by atomic mass is 10.2. The van der Waals surface area contributed by atoms with Crippen LogP contribution in [0, 0.1) is 6.92 Å². The van der Waals surface area contributed by atoms with Crippen LogP contribution in [0.1, 0.15) is 11.1 Å². The fourth-order valence-corrected chi connectivity index (χ4v) is 1.67. The van der Waals surface area contributed by atoms with Crippen molar-refractivity contribution in [3.63, 3.8) is 0 Å². The van der Waals surface area contributed by atoms with E-state index >= 15 is 0 Å². The van der Waals surface area contributed by atoms with E-state index in [2.05, 4.69) is 5.10 Å². The molecule has 4 heteroatoms. The lowest BCUT2D eigenvalue weighted by Crippen LogP contribution is -2.18. The van der Waals surface area contributed by atoms with Gasteiger partial charge in [-0.05, 0) is 30.2 Å². The van der Waals surface area contributed by atoms with Gasteiger partial charge in [-0.15, -0.1) is 0 Å². The second-order valence-electron chi connectivity index (χ2n) is 4.14. The van der Waals surface area contributed by atoms with Crippen LogP contribution in [0.2, 0.25) is 0 Å². The van der Waals surface area contributed by atoms with Crippen LogP contribution >= 0.6 is 0 Å². The number of aryl methyl sites for hydroxylation is 1. The summed E-state index contributed by atoms with van der Waals surface area (Å²) in [7, 11) is 0. The highest BCUT2D eigenvalue weighted by atomic mass is 16.1. The number of benzene rings is 1. The first kappa shape index (κ1) is 12.8. The summed E-state index contributed by atoms with van der Waals surface area (Å²) in [6.07, 6.45) is 5.21. The minimum atomic E-state index is -0.234. The molecule has 96 valence electrons. The Balaban J connectivity index is 2.16. The quantitative estimate of drug-likeness (QED) is 0.853. The minimum absolute atomic E-state index is 0.234. The number of hydrogen-bond acceptors (Lipinski definition) is 3. The molecule has 0 fully saturated rings. The zero-order valence-electron chi connectivity index (χ0n) is 10.7. The SMILES string of the molecule is Cc1cc(N)n(/N=C\C=C\c2ccccc2)c(=O)c1. The van der Waals surface area contributed by atoms with Crippen LogP contribution in [-0.4, -0.2) is 10.9 Å². The summed E-state index contributed by atoms with van der Waals surface area (Å²) in [5.74, 6) is 0.328. The molecule has 0 spiro atoms. The van der Waals surface area contributed by atoms with Crippen molar-refractivity contribution >= 4 is 18.1 Å². The highest BCUT2D eigenvalue weighted by Gasteiger charge is 1.98. The van der Waals surface area contributed by atoms with Crippen molar-refractivity contribution in [2.24, 2.45) is 5.10 Å². The maximum Gasteiger partial charge on any atom is 0.273 e. The van der Waals surface area contributed by atoms with Crippen LogP contribution in [0.3, 0.4) is 0 Å². The Morgan fingerprint density at radius 3 is 2.63 bits per heavy atom. The lowest BCUT2D eigenvalue weighted by molar-refractivity contribution is 0.844. The largest absolute Gasteiger partial charge is 0.384 e. The zero-order chi connectivity index (χ0) is 13.7. The molecule has 0 aliphatic carbocycles. The fourth-order valence-electron chi connectivity index (χ4n) is 1.67. The molecule has 0 unspecified atom stereocenters. The fraction of sp³-hybridized carbons (Fsp3) is 0.0667. The van der Waals surface area contributed by atoms with E-state index in [1.807, 2.05) is 43.3 Å². The molecule has 0 amide bonds. The molecule has 0 atom stereocenters. The van der Waals surface area contributed by atoms with Crippen molar-refractivity contribution in [2.75, 3.05) is 5.73 Å². The van der Waals surface area contributed by atoms with Crippen LogP contribution < -0.4 is 11.3 Å². The molecule has 0 bridgehead atoms. The number of rotatable bonds is 3. The van der Waals surface area contributed by atoms with Crippen molar-refractivity contribution in [1.82, 2.24) is 4.68 Å². The van der Waals surface area contributed by atoms with Gasteiger partial charge in [0.2, 0.25) is 0 Å². The summed E-state index contributed by atoms with van der Waals surface area (Å²) >= 11 is 0. The number of allylic oxidation sites excluding steroid dienone is 1. The molecule has 2 rings (SSSR count). The molecule has 0 aliphatic heterocycles. The zero-order valence-corrected chi connectivity index (χ0v) is 10.7. The maximum atomic E-state index is 11.7. The van der Waals surface area contributed by atoms with Crippen molar-refractivity contribution in [2.45, 2.75) is 6.92 Å². The van der Waals surface area contributed by atoms with Gasteiger partial charge in [-0.3, -0.25) is 4.79 Å². The number of nitrogens with two attached hydrogens (primary N) is 1. The van der Waals surface area contributed by atoms with Gasteiger partial charge in [0.05, 0.1) is 0 Å². The van der Waals surface area contributed by atoms with E-state index in [-0.39, 0.29) is 5.56 Å². The molecule has 19 heavy (non-hydrogen) atoms. The third-order valence-electron chi connectivity index (χ3n) is 2.54. The predicted molar refractivity (Wildman–Crippen MR) is 79.2 cm³/mol. The van der Waals surface area contributed by atoms with Crippen molar-refractivity contribution in [3.8, 4) is 0 Å². The molecule has 4 nitrogen and oxygen atoms in total. The monoisotopic (exact) mass is 253 g/mol. The van der Waals surface area contributed by atoms with Gasteiger partial charge in [0.15, 0.2) is 0 Å². The van der Waals surface area contributed by atoms with Crippen molar-refractivity contribution < 1.29 is 0 Å². The Morgan fingerprint density at radius 2 is 1.95 bits per heavy atom. The first-order chi connectivity index (χ1) is 9.16. The second kappa shape index (κ2) is 5.82. The van der Waals surface area contributed by atoms with Crippen molar-refractivity contribution in [1.29, 1.82) is 0 Å². The van der Waals surface area contributed by atoms with E-state index < -0.39 is 0 Å². The van der Waals surface area contributed by atoms with E-state index in [0.29, 0.717) is 5.82 Å². The molecule has 1 aromatic heterocycles. The number of aromatic nitrogens is 1. The highest BCUT2D eigenvalue weighted by Crippen LogP contribution is 2.02. The first-order valence-corrected chi connectivity index (χ1v) is 5.92. The molecule has 2 N–H and O–H groups in total. The van der Waals surface area contributed by atoms with Crippen LogP contribution in [0.5, 0.6) is 0 Å². The van der Waals surface area contributed by atoms with Gasteiger partial charge in [-0.25, -0.2) is 0 Å². The Kier molecular flexibility index (Phi) is 3.93. The molecule has 2 aromatic rings. The van der Waals surface area contributed by atoms with E-state index in [4.69, 9.17) is 5.73 Å². The van der Waals surface area contributed by atoms with E-state index in [0.717, 1.165) is 11.1 Å². The lowest BCUT2D eigenvalue weighted by Gasteiger charge is -2.02. The Labute approximate surface area is 111 Å². The molecule has 1 aromatic carbocycles. The average Bonchev–Trinajstić information content (AvgIpc) is 2.38. The summed E-state index contributed by atoms with van der Waals surface area (Å²) in [5.41, 5.74) is 7.40. The molecule has 1 heterocycles. The van der Waals surface area contributed by atoms with E-state index in [9.17, 15) is 4.79 Å². The predicted octanol–water partition coefficient (Wildman–Crippen LogP) is 2.29. The van der Waals surface area contributed by atoms with Gasteiger partial charge in [-0.2, -0.15) is 9.78 Å². The molecule has 0 radical (unpaired) electrons. The van der Waals surface area contributed by atoms with Gasteiger partial charge in [0.25, 0.3) is 5.56 Å². The van der Waals surface area contributed by atoms with E-state index in [1.54, 1.807) is 18.4 Å². The van der Waals surface area contributed by atoms with Crippen LogP contribution in [0.25, 0.3) is 6.08 Å². The molecule has 0 saturated carbocycles. The van der Waals surface area contributed by atoms with Crippen molar-refractivity contribution in [3.05, 3.63) is 70.0 Å². The Hall–Kier alpha value is -2.62. The summed E-state index contributed by atoms with van der Waals surface area (Å²) < 4.78 is 1.17. The van der Waals surface area contributed by atoms with Gasteiger partial charge >= 0.3 is 0 Å². The number of pyridine rings is 1. The van der Waals surface area contributed by atoms with E-state index in [1.165, 1.54) is 10.7 Å². The third-order valence-corrected chi connectivity index (χ3v) is 2.54. The topological polar surface area (TPSA) is 60.4 Å².